The monoisotopic (exact) mass is 347 g/mol. The second-order valence-corrected chi connectivity index (χ2v) is 6.95. The molecule has 0 aliphatic carbocycles. The van der Waals surface area contributed by atoms with Gasteiger partial charge in [-0.15, -0.1) is 0 Å². The first-order valence-corrected chi connectivity index (χ1v) is 9.04. The highest BCUT2D eigenvalue weighted by Gasteiger charge is 2.22. The first-order valence-electron chi connectivity index (χ1n) is 7.15. The van der Waals surface area contributed by atoms with Gasteiger partial charge in [0, 0.05) is 5.56 Å². The molecule has 0 aliphatic rings. The number of para-hydroxylation sites is 1. The summed E-state index contributed by atoms with van der Waals surface area (Å²) >= 11 is 0. The lowest BCUT2D eigenvalue weighted by Crippen LogP contribution is -2.25. The number of rotatable bonds is 6. The van der Waals surface area contributed by atoms with Crippen LogP contribution in [0.5, 0.6) is 0 Å². The molecule has 0 saturated heterocycles. The highest BCUT2D eigenvalue weighted by molar-refractivity contribution is 7.92. The van der Waals surface area contributed by atoms with Crippen LogP contribution in [0.4, 0.5) is 5.69 Å². The minimum Gasteiger partial charge on any atom is -0.451 e. The number of carbonyl (C=O) groups is 2. The van der Waals surface area contributed by atoms with Crippen LogP contribution in [0.25, 0.3) is 0 Å². The molecular weight excluding hydrogens is 330 g/mol. The Morgan fingerprint density at radius 3 is 2.21 bits per heavy atom. The Bertz CT molecular complexity index is 846. The molecule has 2 aromatic carbocycles. The number of sulfonamides is 1. The first kappa shape index (κ1) is 17.7. The molecule has 24 heavy (non-hydrogen) atoms. The second kappa shape index (κ2) is 7.27. The highest BCUT2D eigenvalue weighted by Crippen LogP contribution is 2.18. The molecule has 0 aromatic heterocycles. The fourth-order valence-electron chi connectivity index (χ4n) is 2.06. The topological polar surface area (TPSA) is 89.5 Å². The van der Waals surface area contributed by atoms with Crippen molar-refractivity contribution in [2.24, 2.45) is 0 Å². The number of Topliss-reactive ketones (excluding diaryl/α,β-unsaturated/α-hetero) is 1. The second-order valence-electron chi connectivity index (χ2n) is 5.20. The largest absolute Gasteiger partial charge is 0.451 e. The number of carbonyl (C=O) groups excluding carboxylic acids is 2. The number of benzene rings is 2. The van der Waals surface area contributed by atoms with Crippen LogP contribution in [-0.2, 0) is 14.8 Å². The maximum absolute atomic E-state index is 12.3. The van der Waals surface area contributed by atoms with E-state index in [1.54, 1.807) is 42.5 Å². The van der Waals surface area contributed by atoms with Gasteiger partial charge in [0.1, 0.15) is 0 Å². The molecule has 1 unspecified atom stereocenters. The molecule has 0 heterocycles. The van der Waals surface area contributed by atoms with Crippen molar-refractivity contribution in [1.29, 1.82) is 0 Å². The van der Waals surface area contributed by atoms with E-state index in [2.05, 4.69) is 4.72 Å². The first-order chi connectivity index (χ1) is 11.3. The van der Waals surface area contributed by atoms with Gasteiger partial charge >= 0.3 is 5.97 Å². The minimum absolute atomic E-state index is 0.0376. The summed E-state index contributed by atoms with van der Waals surface area (Å²) in [4.78, 5) is 24.5. The normalized spacial score (nSPS) is 12.2. The van der Waals surface area contributed by atoms with Crippen molar-refractivity contribution < 1.29 is 22.7 Å². The van der Waals surface area contributed by atoms with Crippen LogP contribution in [-0.4, -0.2) is 32.5 Å². The fourth-order valence-corrected chi connectivity index (χ4v) is 2.64. The van der Waals surface area contributed by atoms with Gasteiger partial charge in [0.2, 0.25) is 15.8 Å². The van der Waals surface area contributed by atoms with Crippen molar-refractivity contribution in [3.63, 3.8) is 0 Å². The Kier molecular flexibility index (Phi) is 5.35. The molecule has 126 valence electrons. The number of anilines is 1. The number of hydrogen-bond donors (Lipinski definition) is 1. The van der Waals surface area contributed by atoms with Crippen molar-refractivity contribution in [3.8, 4) is 0 Å². The van der Waals surface area contributed by atoms with Crippen LogP contribution in [0, 0.1) is 0 Å². The predicted octanol–water partition coefficient (Wildman–Crippen LogP) is 2.49. The summed E-state index contributed by atoms with van der Waals surface area (Å²) in [7, 11) is -3.55. The Hall–Kier alpha value is -2.67. The summed E-state index contributed by atoms with van der Waals surface area (Å²) in [6.45, 7) is 1.47. The van der Waals surface area contributed by atoms with Gasteiger partial charge < -0.3 is 4.74 Å². The molecule has 2 aromatic rings. The lowest BCUT2D eigenvalue weighted by atomic mass is 10.1. The Morgan fingerprint density at radius 2 is 1.58 bits per heavy atom. The molecule has 7 heteroatoms. The van der Waals surface area contributed by atoms with Gasteiger partial charge in [-0.2, -0.15) is 0 Å². The zero-order valence-electron chi connectivity index (χ0n) is 13.2. The molecule has 0 fully saturated rings. The van der Waals surface area contributed by atoms with Gasteiger partial charge in [-0.05, 0) is 19.1 Å². The van der Waals surface area contributed by atoms with Crippen molar-refractivity contribution >= 4 is 27.5 Å². The number of ether oxygens (including phenoxy) is 1. The number of ketones is 1. The summed E-state index contributed by atoms with van der Waals surface area (Å²) in [5, 5.41) is 0. The summed E-state index contributed by atoms with van der Waals surface area (Å²) in [5.41, 5.74) is 0.570. The van der Waals surface area contributed by atoms with E-state index in [9.17, 15) is 18.0 Å². The van der Waals surface area contributed by atoms with Crippen molar-refractivity contribution in [3.05, 3.63) is 65.7 Å². The zero-order valence-corrected chi connectivity index (χ0v) is 14.0. The van der Waals surface area contributed by atoms with Gasteiger partial charge in [0.15, 0.2) is 6.10 Å². The molecule has 0 amide bonds. The van der Waals surface area contributed by atoms with Gasteiger partial charge in [-0.25, -0.2) is 13.2 Å². The fraction of sp³-hybridized carbons (Fsp3) is 0.176. The van der Waals surface area contributed by atoms with Crippen LogP contribution in [0.15, 0.2) is 54.6 Å². The van der Waals surface area contributed by atoms with Gasteiger partial charge in [0.05, 0.1) is 17.5 Å². The van der Waals surface area contributed by atoms with Gasteiger partial charge in [-0.1, -0.05) is 42.5 Å². The van der Waals surface area contributed by atoms with Gasteiger partial charge in [0.25, 0.3) is 0 Å². The molecule has 0 aliphatic heterocycles. The van der Waals surface area contributed by atoms with E-state index in [0.29, 0.717) is 5.56 Å². The quantitative estimate of drug-likeness (QED) is 0.640. The maximum atomic E-state index is 12.3. The lowest BCUT2D eigenvalue weighted by molar-refractivity contribution is 0.0320. The van der Waals surface area contributed by atoms with E-state index < -0.39 is 22.1 Å². The maximum Gasteiger partial charge on any atom is 0.340 e. The van der Waals surface area contributed by atoms with E-state index in [-0.39, 0.29) is 17.0 Å². The van der Waals surface area contributed by atoms with E-state index in [1.807, 2.05) is 0 Å². The molecule has 2 rings (SSSR count). The minimum atomic E-state index is -3.55. The summed E-state index contributed by atoms with van der Waals surface area (Å²) < 4.78 is 30.2. The SMILES string of the molecule is CC(OC(=O)c1ccccc1NS(C)(=O)=O)C(=O)c1ccccc1. The van der Waals surface area contributed by atoms with Crippen LogP contribution in [0.3, 0.4) is 0 Å². The third kappa shape index (κ3) is 4.66. The average molecular weight is 347 g/mol. The molecule has 0 saturated carbocycles. The van der Waals surface area contributed by atoms with Crippen LogP contribution >= 0.6 is 0 Å². The third-order valence-electron chi connectivity index (χ3n) is 3.15. The van der Waals surface area contributed by atoms with Crippen LogP contribution < -0.4 is 4.72 Å². The van der Waals surface area contributed by atoms with Crippen molar-refractivity contribution in [1.82, 2.24) is 0 Å². The number of hydrogen-bond acceptors (Lipinski definition) is 5. The predicted molar refractivity (Wildman–Crippen MR) is 90.6 cm³/mol. The smallest absolute Gasteiger partial charge is 0.340 e. The van der Waals surface area contributed by atoms with Crippen molar-refractivity contribution in [2.45, 2.75) is 13.0 Å². The highest BCUT2D eigenvalue weighted by atomic mass is 32.2. The van der Waals surface area contributed by atoms with E-state index in [4.69, 9.17) is 4.74 Å². The molecule has 1 N–H and O–H groups in total. The number of esters is 1. The molecule has 0 radical (unpaired) electrons. The van der Waals surface area contributed by atoms with Crippen LogP contribution in [0.2, 0.25) is 0 Å². The molecule has 1 atom stereocenters. The Morgan fingerprint density at radius 1 is 1.00 bits per heavy atom. The van der Waals surface area contributed by atoms with E-state index >= 15 is 0 Å². The lowest BCUT2D eigenvalue weighted by Gasteiger charge is -2.14. The van der Waals surface area contributed by atoms with E-state index in [1.165, 1.54) is 19.1 Å². The Labute approximate surface area is 140 Å². The molecule has 0 spiro atoms. The standard InChI is InChI=1S/C17H17NO5S/c1-12(16(19)13-8-4-3-5-9-13)23-17(20)14-10-6-7-11-15(14)18-24(2,21)22/h3-12,18H,1-2H3. The molecule has 0 bridgehead atoms. The van der Waals surface area contributed by atoms with Crippen LogP contribution in [0.1, 0.15) is 27.6 Å². The zero-order chi connectivity index (χ0) is 17.7. The summed E-state index contributed by atoms with van der Waals surface area (Å²) in [5.74, 6) is -1.11. The number of nitrogens with one attached hydrogen (secondary N) is 1. The average Bonchev–Trinajstić information content (AvgIpc) is 2.53. The molecular formula is C17H17NO5S. The summed E-state index contributed by atoms with van der Waals surface area (Å²) in [6.07, 6.45) is -0.0115. The van der Waals surface area contributed by atoms with E-state index in [0.717, 1.165) is 6.26 Å². The summed E-state index contributed by atoms with van der Waals surface area (Å²) in [6, 6.07) is 14.5. The third-order valence-corrected chi connectivity index (χ3v) is 3.74. The molecule has 6 nitrogen and oxygen atoms in total. The van der Waals surface area contributed by atoms with Crippen molar-refractivity contribution in [2.75, 3.05) is 11.0 Å². The Balaban J connectivity index is 2.17. The van der Waals surface area contributed by atoms with Gasteiger partial charge in [-0.3, -0.25) is 9.52 Å².